The SMILES string of the molecule is CCc1nn(C)cc1CNC1CN(C(=O)OC(C)(C)C)CC1C#N. The monoisotopic (exact) mass is 333 g/mol. The molecule has 1 aliphatic heterocycles. The molecule has 2 rings (SSSR count). The summed E-state index contributed by atoms with van der Waals surface area (Å²) in [6.45, 7) is 9.12. The van der Waals surface area contributed by atoms with Crippen molar-refractivity contribution in [1.29, 1.82) is 5.26 Å². The van der Waals surface area contributed by atoms with Gasteiger partial charge in [-0.2, -0.15) is 10.4 Å². The van der Waals surface area contributed by atoms with Crippen LogP contribution in [-0.4, -0.2) is 45.5 Å². The van der Waals surface area contributed by atoms with Crippen molar-refractivity contribution < 1.29 is 9.53 Å². The molecule has 1 fully saturated rings. The molecule has 0 spiro atoms. The van der Waals surface area contributed by atoms with Gasteiger partial charge in [-0.3, -0.25) is 4.68 Å². The van der Waals surface area contributed by atoms with Gasteiger partial charge in [0.1, 0.15) is 5.60 Å². The van der Waals surface area contributed by atoms with Crippen molar-refractivity contribution in [1.82, 2.24) is 20.0 Å². The zero-order valence-corrected chi connectivity index (χ0v) is 15.2. The fourth-order valence-corrected chi connectivity index (χ4v) is 2.89. The van der Waals surface area contributed by atoms with Crippen LogP contribution >= 0.6 is 0 Å². The minimum Gasteiger partial charge on any atom is -0.444 e. The first-order valence-corrected chi connectivity index (χ1v) is 8.35. The molecule has 1 aliphatic rings. The Kier molecular flexibility index (Phi) is 5.50. The molecule has 0 aromatic carbocycles. The summed E-state index contributed by atoms with van der Waals surface area (Å²) in [6.07, 6.45) is 2.50. The number of nitrogens with zero attached hydrogens (tertiary/aromatic N) is 4. The maximum Gasteiger partial charge on any atom is 0.410 e. The lowest BCUT2D eigenvalue weighted by molar-refractivity contribution is 0.0288. The summed E-state index contributed by atoms with van der Waals surface area (Å²) in [5.74, 6) is -0.237. The fraction of sp³-hybridized carbons (Fsp3) is 0.706. The van der Waals surface area contributed by atoms with Crippen LogP contribution in [0.2, 0.25) is 0 Å². The van der Waals surface area contributed by atoms with Gasteiger partial charge in [0.15, 0.2) is 0 Å². The van der Waals surface area contributed by atoms with E-state index in [-0.39, 0.29) is 18.1 Å². The van der Waals surface area contributed by atoms with E-state index >= 15 is 0 Å². The summed E-state index contributed by atoms with van der Waals surface area (Å²) in [4.78, 5) is 13.8. The zero-order chi connectivity index (χ0) is 17.9. The van der Waals surface area contributed by atoms with Gasteiger partial charge in [-0.1, -0.05) is 6.92 Å². The molecule has 7 heteroatoms. The predicted octanol–water partition coefficient (Wildman–Crippen LogP) is 1.83. The summed E-state index contributed by atoms with van der Waals surface area (Å²) >= 11 is 0. The highest BCUT2D eigenvalue weighted by Gasteiger charge is 2.37. The van der Waals surface area contributed by atoms with Crippen molar-refractivity contribution >= 4 is 6.09 Å². The van der Waals surface area contributed by atoms with E-state index in [9.17, 15) is 10.1 Å². The van der Waals surface area contributed by atoms with Crippen LogP contribution in [0.3, 0.4) is 0 Å². The fourth-order valence-electron chi connectivity index (χ4n) is 2.89. The van der Waals surface area contributed by atoms with E-state index in [4.69, 9.17) is 4.74 Å². The summed E-state index contributed by atoms with van der Waals surface area (Å²) in [6, 6.07) is 2.24. The number of hydrogen-bond donors (Lipinski definition) is 1. The smallest absolute Gasteiger partial charge is 0.410 e. The first-order valence-electron chi connectivity index (χ1n) is 8.35. The topological polar surface area (TPSA) is 83.2 Å². The molecule has 24 heavy (non-hydrogen) atoms. The Morgan fingerprint density at radius 1 is 1.50 bits per heavy atom. The van der Waals surface area contributed by atoms with Gasteiger partial charge >= 0.3 is 6.09 Å². The lowest BCUT2D eigenvalue weighted by Gasteiger charge is -2.24. The second-order valence-electron chi connectivity index (χ2n) is 7.24. The molecule has 1 N–H and O–H groups in total. The molecule has 1 aromatic heterocycles. The minimum atomic E-state index is -0.531. The quantitative estimate of drug-likeness (QED) is 0.909. The number of ether oxygens (including phenoxy) is 1. The zero-order valence-electron chi connectivity index (χ0n) is 15.2. The number of likely N-dealkylation sites (tertiary alicyclic amines) is 1. The number of nitriles is 1. The Hall–Kier alpha value is -2.07. The molecule has 1 aromatic rings. The molecule has 0 bridgehead atoms. The summed E-state index contributed by atoms with van der Waals surface area (Å²) in [5.41, 5.74) is 1.66. The van der Waals surface area contributed by atoms with Gasteiger partial charge in [0, 0.05) is 44.5 Å². The van der Waals surface area contributed by atoms with Gasteiger partial charge < -0.3 is 15.0 Å². The van der Waals surface area contributed by atoms with E-state index in [1.165, 1.54) is 0 Å². The highest BCUT2D eigenvalue weighted by Crippen LogP contribution is 2.20. The highest BCUT2D eigenvalue weighted by atomic mass is 16.6. The van der Waals surface area contributed by atoms with Crippen molar-refractivity contribution in [2.45, 2.75) is 52.3 Å². The molecular formula is C17H27N5O2. The van der Waals surface area contributed by atoms with Crippen molar-refractivity contribution in [2.24, 2.45) is 13.0 Å². The van der Waals surface area contributed by atoms with E-state index in [2.05, 4.69) is 23.4 Å². The van der Waals surface area contributed by atoms with Crippen molar-refractivity contribution in [3.05, 3.63) is 17.5 Å². The van der Waals surface area contributed by atoms with Crippen LogP contribution in [-0.2, 0) is 24.8 Å². The number of aromatic nitrogens is 2. The van der Waals surface area contributed by atoms with Crippen LogP contribution in [0.5, 0.6) is 0 Å². The van der Waals surface area contributed by atoms with Crippen molar-refractivity contribution in [3.8, 4) is 6.07 Å². The lowest BCUT2D eigenvalue weighted by Crippen LogP contribution is -2.38. The van der Waals surface area contributed by atoms with Crippen LogP contribution in [0, 0.1) is 17.2 Å². The normalized spacial score (nSPS) is 20.9. The Balaban J connectivity index is 1.97. The van der Waals surface area contributed by atoms with Gasteiger partial charge in [-0.15, -0.1) is 0 Å². The molecule has 1 amide bonds. The van der Waals surface area contributed by atoms with Crippen molar-refractivity contribution in [3.63, 3.8) is 0 Å². The maximum atomic E-state index is 12.2. The molecule has 7 nitrogen and oxygen atoms in total. The summed E-state index contributed by atoms with van der Waals surface area (Å²) in [7, 11) is 1.90. The Morgan fingerprint density at radius 3 is 2.79 bits per heavy atom. The largest absolute Gasteiger partial charge is 0.444 e. The minimum absolute atomic E-state index is 0.0626. The van der Waals surface area contributed by atoms with E-state index < -0.39 is 5.60 Å². The summed E-state index contributed by atoms with van der Waals surface area (Å²) in [5, 5.41) is 17.2. The molecule has 0 aliphatic carbocycles. The number of carbonyl (C=O) groups is 1. The third-order valence-corrected chi connectivity index (χ3v) is 4.02. The molecular weight excluding hydrogens is 306 g/mol. The summed E-state index contributed by atoms with van der Waals surface area (Å²) < 4.78 is 7.21. The van der Waals surface area contributed by atoms with Gasteiger partial charge in [-0.25, -0.2) is 4.79 Å². The second kappa shape index (κ2) is 7.22. The maximum absolute atomic E-state index is 12.2. The van der Waals surface area contributed by atoms with Gasteiger partial charge in [0.25, 0.3) is 0 Å². The van der Waals surface area contributed by atoms with Crippen molar-refractivity contribution in [2.75, 3.05) is 13.1 Å². The third kappa shape index (κ3) is 4.48. The number of amides is 1. The lowest BCUT2D eigenvalue weighted by atomic mass is 10.1. The van der Waals surface area contributed by atoms with E-state index in [1.54, 1.807) is 9.58 Å². The van der Waals surface area contributed by atoms with Gasteiger partial charge in [-0.05, 0) is 27.2 Å². The molecule has 132 valence electrons. The number of nitrogens with one attached hydrogen (secondary N) is 1. The first-order chi connectivity index (χ1) is 11.2. The van der Waals surface area contributed by atoms with E-state index in [1.807, 2.05) is 34.0 Å². The Labute approximate surface area is 143 Å². The molecule has 0 saturated carbocycles. The van der Waals surface area contributed by atoms with Crippen LogP contribution in [0.15, 0.2) is 6.20 Å². The average Bonchev–Trinajstić information content (AvgIpc) is 3.06. The average molecular weight is 333 g/mol. The highest BCUT2D eigenvalue weighted by molar-refractivity contribution is 5.68. The van der Waals surface area contributed by atoms with Crippen LogP contribution < -0.4 is 5.32 Å². The van der Waals surface area contributed by atoms with E-state index in [0.29, 0.717) is 19.6 Å². The van der Waals surface area contributed by atoms with Gasteiger partial charge in [0.05, 0.1) is 17.7 Å². The Morgan fingerprint density at radius 2 is 2.21 bits per heavy atom. The number of hydrogen-bond acceptors (Lipinski definition) is 5. The molecule has 0 radical (unpaired) electrons. The van der Waals surface area contributed by atoms with Gasteiger partial charge in [0.2, 0.25) is 0 Å². The molecule has 1 saturated heterocycles. The first kappa shape index (κ1) is 18.3. The molecule has 2 heterocycles. The third-order valence-electron chi connectivity index (χ3n) is 4.02. The number of aryl methyl sites for hydroxylation is 2. The van der Waals surface area contributed by atoms with Crippen LogP contribution in [0.25, 0.3) is 0 Å². The van der Waals surface area contributed by atoms with Crippen LogP contribution in [0.1, 0.15) is 39.0 Å². The number of rotatable bonds is 4. The molecule has 2 atom stereocenters. The number of carbonyl (C=O) groups excluding carboxylic acids is 1. The predicted molar refractivity (Wildman–Crippen MR) is 90.1 cm³/mol. The van der Waals surface area contributed by atoms with E-state index in [0.717, 1.165) is 17.7 Å². The van der Waals surface area contributed by atoms with Crippen LogP contribution in [0.4, 0.5) is 4.79 Å². The second-order valence-corrected chi connectivity index (χ2v) is 7.24. The molecule has 2 unspecified atom stereocenters. The standard InChI is InChI=1S/C17H27N5O2/c1-6-14-13(9-21(5)20-14)8-19-15-11-22(10-12(15)7-18)16(23)24-17(2,3)4/h9,12,15,19H,6,8,10-11H2,1-5H3. The Bertz CT molecular complexity index is 626.